The summed E-state index contributed by atoms with van der Waals surface area (Å²) in [5.74, 6) is -0.201. The van der Waals surface area contributed by atoms with E-state index in [0.29, 0.717) is 12.1 Å². The predicted octanol–water partition coefficient (Wildman–Crippen LogP) is 0.208. The third-order valence-corrected chi connectivity index (χ3v) is 5.21. The highest BCUT2D eigenvalue weighted by atomic mass is 35.5. The molecule has 1 heterocycles. The highest BCUT2D eigenvalue weighted by Crippen LogP contribution is 2.10. The van der Waals surface area contributed by atoms with Gasteiger partial charge in [0.1, 0.15) is 0 Å². The maximum absolute atomic E-state index is 12.1. The van der Waals surface area contributed by atoms with Crippen molar-refractivity contribution in [3.05, 3.63) is 42.5 Å². The average molecular weight is 389 g/mol. The lowest BCUT2D eigenvalue weighted by Gasteiger charge is -2.27. The van der Waals surface area contributed by atoms with E-state index in [0.717, 1.165) is 32.7 Å². The number of nitrogens with one attached hydrogen (secondary N) is 3. The summed E-state index contributed by atoms with van der Waals surface area (Å²) < 4.78 is 26.3. The summed E-state index contributed by atoms with van der Waals surface area (Å²) in [6.45, 7) is 8.94. The number of carbonyl (C=O) groups is 1. The SMILES string of the molecule is C=CCNS(=O)(=O)c1ccc(C(=O)NCCN2CCNCC2)cc1.Cl. The van der Waals surface area contributed by atoms with E-state index >= 15 is 0 Å². The van der Waals surface area contributed by atoms with E-state index in [-0.39, 0.29) is 29.8 Å². The van der Waals surface area contributed by atoms with Gasteiger partial charge < -0.3 is 10.6 Å². The molecule has 9 heteroatoms. The first-order valence-electron chi connectivity index (χ1n) is 7.95. The molecule has 1 fully saturated rings. The Hall–Kier alpha value is -1.45. The van der Waals surface area contributed by atoms with Gasteiger partial charge in [0.15, 0.2) is 0 Å². The number of hydrogen-bond donors (Lipinski definition) is 3. The highest BCUT2D eigenvalue weighted by Gasteiger charge is 2.14. The Bertz CT molecular complexity index is 658. The fraction of sp³-hybridized carbons (Fsp3) is 0.438. The normalized spacial score (nSPS) is 15.2. The summed E-state index contributed by atoms with van der Waals surface area (Å²) >= 11 is 0. The maximum Gasteiger partial charge on any atom is 0.251 e. The lowest BCUT2D eigenvalue weighted by molar-refractivity contribution is 0.0947. The summed E-state index contributed by atoms with van der Waals surface area (Å²) in [6, 6.07) is 5.89. The van der Waals surface area contributed by atoms with Gasteiger partial charge in [-0.25, -0.2) is 13.1 Å². The molecule has 1 aromatic carbocycles. The van der Waals surface area contributed by atoms with Crippen LogP contribution in [0, 0.1) is 0 Å². The lowest BCUT2D eigenvalue weighted by Crippen LogP contribution is -2.46. The maximum atomic E-state index is 12.1. The van der Waals surface area contributed by atoms with Crippen LogP contribution in [0.25, 0.3) is 0 Å². The molecule has 0 unspecified atom stereocenters. The first-order chi connectivity index (χ1) is 11.5. The summed E-state index contributed by atoms with van der Waals surface area (Å²) in [5, 5.41) is 6.14. The van der Waals surface area contributed by atoms with Gasteiger partial charge in [0.05, 0.1) is 4.90 Å². The molecule has 0 aromatic heterocycles. The first kappa shape index (κ1) is 21.6. The average Bonchev–Trinajstić information content (AvgIpc) is 2.61. The minimum atomic E-state index is -3.56. The van der Waals surface area contributed by atoms with Gasteiger partial charge in [0, 0.05) is 51.4 Å². The number of sulfonamides is 1. The van der Waals surface area contributed by atoms with Crippen LogP contribution in [0.2, 0.25) is 0 Å². The fourth-order valence-electron chi connectivity index (χ4n) is 2.40. The van der Waals surface area contributed by atoms with Crippen LogP contribution < -0.4 is 15.4 Å². The van der Waals surface area contributed by atoms with Gasteiger partial charge in [-0.1, -0.05) is 6.08 Å². The Morgan fingerprint density at radius 1 is 1.24 bits per heavy atom. The van der Waals surface area contributed by atoms with Crippen molar-refractivity contribution < 1.29 is 13.2 Å². The second-order valence-electron chi connectivity index (χ2n) is 5.51. The van der Waals surface area contributed by atoms with Crippen molar-refractivity contribution in [2.24, 2.45) is 0 Å². The Morgan fingerprint density at radius 3 is 2.48 bits per heavy atom. The van der Waals surface area contributed by atoms with Crippen molar-refractivity contribution in [2.45, 2.75) is 4.90 Å². The molecule has 1 aromatic rings. The van der Waals surface area contributed by atoms with Crippen LogP contribution in [-0.2, 0) is 10.0 Å². The molecule has 7 nitrogen and oxygen atoms in total. The lowest BCUT2D eigenvalue weighted by atomic mass is 10.2. The second kappa shape index (κ2) is 10.5. The summed E-state index contributed by atoms with van der Waals surface area (Å²) in [5.41, 5.74) is 0.443. The minimum Gasteiger partial charge on any atom is -0.351 e. The van der Waals surface area contributed by atoms with Gasteiger partial charge in [-0.3, -0.25) is 9.69 Å². The number of rotatable bonds is 8. The Kier molecular flexibility index (Phi) is 9.09. The molecule has 1 aliphatic heterocycles. The molecule has 0 radical (unpaired) electrons. The molecule has 140 valence electrons. The van der Waals surface area contributed by atoms with Gasteiger partial charge in [-0.05, 0) is 24.3 Å². The summed E-state index contributed by atoms with van der Waals surface area (Å²) in [6.07, 6.45) is 1.47. The van der Waals surface area contributed by atoms with Gasteiger partial charge in [-0.15, -0.1) is 19.0 Å². The molecule has 3 N–H and O–H groups in total. The highest BCUT2D eigenvalue weighted by molar-refractivity contribution is 7.89. The number of benzene rings is 1. The minimum absolute atomic E-state index is 0. The zero-order valence-corrected chi connectivity index (χ0v) is 15.7. The zero-order valence-electron chi connectivity index (χ0n) is 14.0. The van der Waals surface area contributed by atoms with Crippen LogP contribution >= 0.6 is 12.4 Å². The third kappa shape index (κ3) is 6.75. The molecule has 25 heavy (non-hydrogen) atoms. The largest absolute Gasteiger partial charge is 0.351 e. The van der Waals surface area contributed by atoms with Crippen LogP contribution in [0.5, 0.6) is 0 Å². The molecular formula is C16H25ClN4O3S. The number of amides is 1. The standard InChI is InChI=1S/C16H24N4O3S.ClH/c1-2-7-19-24(22,23)15-5-3-14(4-6-15)16(21)18-10-13-20-11-8-17-9-12-20;/h2-6,17,19H,1,7-13H2,(H,18,21);1H. The molecule has 1 saturated heterocycles. The van der Waals surface area contributed by atoms with Crippen molar-refractivity contribution in [1.82, 2.24) is 20.3 Å². The molecule has 1 aliphatic rings. The molecule has 0 spiro atoms. The van der Waals surface area contributed by atoms with Crippen molar-refractivity contribution in [3.63, 3.8) is 0 Å². The quantitative estimate of drug-likeness (QED) is 0.554. The fourth-order valence-corrected chi connectivity index (χ4v) is 3.40. The number of carbonyl (C=O) groups excluding carboxylic acids is 1. The Labute approximate surface area is 155 Å². The summed E-state index contributed by atoms with van der Waals surface area (Å²) in [4.78, 5) is 14.5. The van der Waals surface area contributed by atoms with Crippen molar-refractivity contribution in [2.75, 3.05) is 45.8 Å². The molecular weight excluding hydrogens is 364 g/mol. The summed E-state index contributed by atoms with van der Waals surface area (Å²) in [7, 11) is -3.56. The van der Waals surface area contributed by atoms with Crippen LogP contribution in [-0.4, -0.2) is 65.0 Å². The van der Waals surface area contributed by atoms with Crippen LogP contribution in [0.3, 0.4) is 0 Å². The molecule has 0 aliphatic carbocycles. The molecule has 0 atom stereocenters. The van der Waals surface area contributed by atoms with Crippen LogP contribution in [0.1, 0.15) is 10.4 Å². The predicted molar refractivity (Wildman–Crippen MR) is 101 cm³/mol. The molecule has 0 saturated carbocycles. The number of piperazine rings is 1. The van der Waals surface area contributed by atoms with E-state index in [2.05, 4.69) is 26.8 Å². The first-order valence-corrected chi connectivity index (χ1v) is 9.43. The molecule has 0 bridgehead atoms. The third-order valence-electron chi connectivity index (χ3n) is 3.77. The van der Waals surface area contributed by atoms with Crippen molar-refractivity contribution >= 4 is 28.3 Å². The smallest absolute Gasteiger partial charge is 0.251 e. The van der Waals surface area contributed by atoms with E-state index in [1.165, 1.54) is 30.3 Å². The van der Waals surface area contributed by atoms with E-state index in [1.54, 1.807) is 0 Å². The van der Waals surface area contributed by atoms with Gasteiger partial charge >= 0.3 is 0 Å². The van der Waals surface area contributed by atoms with Gasteiger partial charge in [-0.2, -0.15) is 0 Å². The second-order valence-corrected chi connectivity index (χ2v) is 7.28. The van der Waals surface area contributed by atoms with Gasteiger partial charge in [0.25, 0.3) is 5.91 Å². The van der Waals surface area contributed by atoms with Crippen molar-refractivity contribution in [3.8, 4) is 0 Å². The van der Waals surface area contributed by atoms with Gasteiger partial charge in [0.2, 0.25) is 10.0 Å². The zero-order chi connectivity index (χ0) is 17.4. The number of hydrogen-bond acceptors (Lipinski definition) is 5. The van der Waals surface area contributed by atoms with E-state index in [4.69, 9.17) is 0 Å². The van der Waals surface area contributed by atoms with Crippen molar-refractivity contribution in [1.29, 1.82) is 0 Å². The number of nitrogens with zero attached hydrogens (tertiary/aromatic N) is 1. The molecule has 2 rings (SSSR count). The van der Waals surface area contributed by atoms with Crippen LogP contribution in [0.4, 0.5) is 0 Å². The van der Waals surface area contributed by atoms with Crippen LogP contribution in [0.15, 0.2) is 41.8 Å². The Balaban J connectivity index is 0.00000312. The van der Waals surface area contributed by atoms with E-state index in [9.17, 15) is 13.2 Å². The number of halogens is 1. The molecule has 1 amide bonds. The Morgan fingerprint density at radius 2 is 1.88 bits per heavy atom. The monoisotopic (exact) mass is 388 g/mol. The topological polar surface area (TPSA) is 90.5 Å². The van der Waals surface area contributed by atoms with E-state index in [1.807, 2.05) is 0 Å². The van der Waals surface area contributed by atoms with E-state index < -0.39 is 10.0 Å².